The van der Waals surface area contributed by atoms with E-state index in [0.29, 0.717) is 18.1 Å². The van der Waals surface area contributed by atoms with Crippen molar-refractivity contribution in [2.45, 2.75) is 12.3 Å². The number of likely N-dealkylation sites (tertiary alicyclic amines) is 1. The summed E-state index contributed by atoms with van der Waals surface area (Å²) in [5.74, 6) is -0.444. The van der Waals surface area contributed by atoms with Crippen LogP contribution in [0.3, 0.4) is 0 Å². The summed E-state index contributed by atoms with van der Waals surface area (Å²) >= 11 is 5.84. The van der Waals surface area contributed by atoms with Gasteiger partial charge in [-0.25, -0.2) is 8.42 Å². The fraction of sp³-hybridized carbons (Fsp3) is 0.462. The average molecular weight is 302 g/mol. The van der Waals surface area contributed by atoms with Gasteiger partial charge in [0.1, 0.15) is 5.75 Å². The van der Waals surface area contributed by atoms with Gasteiger partial charge in [-0.05, 0) is 24.1 Å². The smallest absolute Gasteiger partial charge is 0.237 e. The molecule has 1 heterocycles. The molecule has 0 aliphatic carbocycles. The van der Waals surface area contributed by atoms with Gasteiger partial charge in [-0.1, -0.05) is 23.7 Å². The van der Waals surface area contributed by atoms with Crippen molar-refractivity contribution in [3.05, 3.63) is 34.9 Å². The molecule has 0 radical (unpaired) electrons. The van der Waals surface area contributed by atoms with Gasteiger partial charge in [0.15, 0.2) is 9.84 Å². The van der Waals surface area contributed by atoms with E-state index in [9.17, 15) is 13.2 Å². The van der Waals surface area contributed by atoms with E-state index in [1.807, 2.05) is 24.3 Å². The van der Waals surface area contributed by atoms with E-state index in [4.69, 9.17) is 11.6 Å². The fourth-order valence-corrected chi connectivity index (χ4v) is 3.07. The van der Waals surface area contributed by atoms with Crippen molar-refractivity contribution in [1.29, 1.82) is 0 Å². The maximum Gasteiger partial charge on any atom is 0.237 e. The molecule has 104 valence electrons. The van der Waals surface area contributed by atoms with Crippen LogP contribution in [-0.2, 0) is 14.6 Å². The van der Waals surface area contributed by atoms with Crippen molar-refractivity contribution < 1.29 is 13.2 Å². The number of carbonyl (C=O) groups excluding carboxylic acids is 1. The van der Waals surface area contributed by atoms with E-state index in [1.165, 1.54) is 0 Å². The van der Waals surface area contributed by atoms with Gasteiger partial charge in [-0.3, -0.25) is 4.79 Å². The normalized spacial score (nSPS) is 19.7. The molecule has 1 aliphatic heterocycles. The summed E-state index contributed by atoms with van der Waals surface area (Å²) in [6.45, 7) is 1.19. The van der Waals surface area contributed by atoms with Crippen LogP contribution in [0, 0.1) is 0 Å². The van der Waals surface area contributed by atoms with E-state index < -0.39 is 15.6 Å². The van der Waals surface area contributed by atoms with Crippen molar-refractivity contribution >= 4 is 27.3 Å². The van der Waals surface area contributed by atoms with Crippen LogP contribution in [0.4, 0.5) is 0 Å². The molecule has 1 amide bonds. The zero-order chi connectivity index (χ0) is 14.0. The van der Waals surface area contributed by atoms with E-state index >= 15 is 0 Å². The molecule has 0 N–H and O–H groups in total. The lowest BCUT2D eigenvalue weighted by atomic mass is 9.99. The molecule has 1 aromatic rings. The molecule has 1 atom stereocenters. The molecule has 1 aliphatic rings. The number of amides is 1. The first kappa shape index (κ1) is 14.3. The zero-order valence-electron chi connectivity index (χ0n) is 10.7. The van der Waals surface area contributed by atoms with E-state index in [1.54, 1.807) is 4.90 Å². The predicted octanol–water partition coefficient (Wildman–Crippen LogP) is 1.70. The Bertz CT molecular complexity index is 568. The van der Waals surface area contributed by atoms with Crippen LogP contribution in [0.1, 0.15) is 17.9 Å². The number of hydrogen-bond donors (Lipinski definition) is 0. The number of sulfone groups is 1. The molecule has 0 spiro atoms. The van der Waals surface area contributed by atoms with Crippen molar-refractivity contribution in [2.75, 3.05) is 25.1 Å². The van der Waals surface area contributed by atoms with Gasteiger partial charge in [0, 0.05) is 30.3 Å². The fourth-order valence-electron chi connectivity index (χ4n) is 2.31. The minimum Gasteiger partial charge on any atom is -0.341 e. The molecule has 19 heavy (non-hydrogen) atoms. The Morgan fingerprint density at radius 1 is 1.37 bits per heavy atom. The van der Waals surface area contributed by atoms with Crippen LogP contribution in [0.15, 0.2) is 24.3 Å². The van der Waals surface area contributed by atoms with Crippen LogP contribution in [0.5, 0.6) is 0 Å². The quantitative estimate of drug-likeness (QED) is 0.854. The third kappa shape index (κ3) is 3.94. The maximum absolute atomic E-state index is 11.8. The van der Waals surface area contributed by atoms with Crippen molar-refractivity contribution in [3.8, 4) is 0 Å². The van der Waals surface area contributed by atoms with E-state index in [-0.39, 0.29) is 11.8 Å². The molecule has 1 saturated heterocycles. The summed E-state index contributed by atoms with van der Waals surface area (Å²) < 4.78 is 22.3. The van der Waals surface area contributed by atoms with Crippen LogP contribution in [-0.4, -0.2) is 44.3 Å². The molecule has 0 aromatic heterocycles. The standard InChI is InChI=1S/C13H16ClNO3S/c1-19(17,18)9-13(16)15-7-6-11(8-15)10-2-4-12(14)5-3-10/h2-5,11H,6-9H2,1H3. The zero-order valence-corrected chi connectivity index (χ0v) is 12.2. The summed E-state index contributed by atoms with van der Waals surface area (Å²) in [4.78, 5) is 13.4. The number of carbonyl (C=O) groups is 1. The van der Waals surface area contributed by atoms with Crippen LogP contribution in [0.2, 0.25) is 5.02 Å². The first-order chi connectivity index (χ1) is 8.85. The number of rotatable bonds is 3. The number of halogens is 1. The van der Waals surface area contributed by atoms with E-state index in [2.05, 4.69) is 0 Å². The highest BCUT2D eigenvalue weighted by molar-refractivity contribution is 7.91. The highest BCUT2D eigenvalue weighted by Crippen LogP contribution is 2.28. The molecule has 1 fully saturated rings. The lowest BCUT2D eigenvalue weighted by molar-refractivity contribution is -0.127. The summed E-state index contributed by atoms with van der Waals surface area (Å²) in [5, 5.41) is 0.687. The molecular weight excluding hydrogens is 286 g/mol. The topological polar surface area (TPSA) is 54.5 Å². The lowest BCUT2D eigenvalue weighted by Crippen LogP contribution is -2.33. The van der Waals surface area contributed by atoms with Crippen molar-refractivity contribution in [1.82, 2.24) is 4.90 Å². The summed E-state index contributed by atoms with van der Waals surface area (Å²) in [6.07, 6.45) is 1.94. The number of nitrogens with zero attached hydrogens (tertiary/aromatic N) is 1. The van der Waals surface area contributed by atoms with E-state index in [0.717, 1.165) is 18.2 Å². The molecule has 0 bridgehead atoms. The summed E-state index contributed by atoms with van der Waals surface area (Å²) in [5.41, 5.74) is 1.14. The minimum atomic E-state index is -3.26. The third-order valence-electron chi connectivity index (χ3n) is 3.27. The maximum atomic E-state index is 11.8. The van der Waals surface area contributed by atoms with Crippen LogP contribution in [0.25, 0.3) is 0 Å². The lowest BCUT2D eigenvalue weighted by Gasteiger charge is -2.16. The molecule has 4 nitrogen and oxygen atoms in total. The van der Waals surface area contributed by atoms with Gasteiger partial charge in [-0.15, -0.1) is 0 Å². The summed E-state index contributed by atoms with van der Waals surface area (Å²) in [7, 11) is -3.26. The van der Waals surface area contributed by atoms with Crippen molar-refractivity contribution in [3.63, 3.8) is 0 Å². The average Bonchev–Trinajstić information content (AvgIpc) is 2.77. The first-order valence-corrected chi connectivity index (χ1v) is 8.50. The molecule has 1 aromatic carbocycles. The van der Waals surface area contributed by atoms with Gasteiger partial charge in [0.25, 0.3) is 0 Å². The molecular formula is C13H16ClNO3S. The van der Waals surface area contributed by atoms with Gasteiger partial charge in [0.2, 0.25) is 5.91 Å². The molecule has 6 heteroatoms. The Labute approximate surface area is 118 Å². The highest BCUT2D eigenvalue weighted by Gasteiger charge is 2.28. The second-order valence-corrected chi connectivity index (χ2v) is 7.52. The monoisotopic (exact) mass is 301 g/mol. The van der Waals surface area contributed by atoms with Gasteiger partial charge in [0.05, 0.1) is 0 Å². The highest BCUT2D eigenvalue weighted by atomic mass is 35.5. The molecule has 1 unspecified atom stereocenters. The van der Waals surface area contributed by atoms with Crippen molar-refractivity contribution in [2.24, 2.45) is 0 Å². The van der Waals surface area contributed by atoms with Gasteiger partial charge < -0.3 is 4.90 Å². The molecule has 2 rings (SSSR count). The second kappa shape index (κ2) is 5.51. The second-order valence-electron chi connectivity index (χ2n) is 4.95. The largest absolute Gasteiger partial charge is 0.341 e. The Kier molecular flexibility index (Phi) is 4.16. The Morgan fingerprint density at radius 2 is 2.00 bits per heavy atom. The van der Waals surface area contributed by atoms with Crippen LogP contribution < -0.4 is 0 Å². The first-order valence-electron chi connectivity index (χ1n) is 6.06. The Morgan fingerprint density at radius 3 is 2.58 bits per heavy atom. The van der Waals surface area contributed by atoms with Gasteiger partial charge >= 0.3 is 0 Å². The Balaban J connectivity index is 2.00. The minimum absolute atomic E-state index is 0.265. The Hall–Kier alpha value is -1.07. The summed E-state index contributed by atoms with van der Waals surface area (Å²) in [6, 6.07) is 7.57. The molecule has 0 saturated carbocycles. The number of hydrogen-bond acceptors (Lipinski definition) is 3. The van der Waals surface area contributed by atoms with Gasteiger partial charge in [-0.2, -0.15) is 0 Å². The SMILES string of the molecule is CS(=O)(=O)CC(=O)N1CCC(c2ccc(Cl)cc2)C1. The predicted molar refractivity (Wildman–Crippen MR) is 75.1 cm³/mol. The third-order valence-corrected chi connectivity index (χ3v) is 4.29. The van der Waals surface area contributed by atoms with Crippen LogP contribution >= 0.6 is 11.6 Å². The number of benzene rings is 1.